The number of hydrogen-bond donors (Lipinski definition) is 1. The summed E-state index contributed by atoms with van der Waals surface area (Å²) < 4.78 is 5.93. The van der Waals surface area contributed by atoms with Crippen LogP contribution in [0.2, 0.25) is 0 Å². The van der Waals surface area contributed by atoms with Crippen LogP contribution in [0.15, 0.2) is 12.1 Å². The Morgan fingerprint density at radius 1 is 1.30 bits per heavy atom. The van der Waals surface area contributed by atoms with Crippen molar-refractivity contribution in [1.82, 2.24) is 4.90 Å². The van der Waals surface area contributed by atoms with Gasteiger partial charge in [0.05, 0.1) is 12.1 Å². The molecule has 0 saturated heterocycles. The minimum absolute atomic E-state index is 0.0472. The molecule has 0 radical (unpaired) electrons. The predicted octanol–water partition coefficient (Wildman–Crippen LogP) is 3.22. The summed E-state index contributed by atoms with van der Waals surface area (Å²) in [5.74, 6) is 1.55. The molecule has 1 aromatic carbocycles. The van der Waals surface area contributed by atoms with Crippen LogP contribution in [0.25, 0.3) is 0 Å². The number of fused-ring (bicyclic) bond motifs is 1. The molecule has 20 heavy (non-hydrogen) atoms. The number of hydrogen-bond acceptors (Lipinski definition) is 3. The van der Waals surface area contributed by atoms with Gasteiger partial charge >= 0.3 is 0 Å². The van der Waals surface area contributed by atoms with Crippen molar-refractivity contribution in [2.75, 3.05) is 19.7 Å². The molecule has 1 aliphatic heterocycles. The Kier molecular flexibility index (Phi) is 4.71. The first-order valence-corrected chi connectivity index (χ1v) is 7.76. The Balaban J connectivity index is 2.50. The molecule has 2 N–H and O–H groups in total. The molecule has 0 aliphatic carbocycles. The summed E-state index contributed by atoms with van der Waals surface area (Å²) in [6.07, 6.45) is 0. The van der Waals surface area contributed by atoms with Gasteiger partial charge in [0.1, 0.15) is 12.4 Å². The molecule has 0 bridgehead atoms. The lowest BCUT2D eigenvalue weighted by atomic mass is 9.88. The predicted molar refractivity (Wildman–Crippen MR) is 84.4 cm³/mol. The topological polar surface area (TPSA) is 38.5 Å². The summed E-state index contributed by atoms with van der Waals surface area (Å²) in [6, 6.07) is 4.82. The molecule has 3 heteroatoms. The van der Waals surface area contributed by atoms with E-state index in [1.807, 2.05) is 0 Å². The van der Waals surface area contributed by atoms with Gasteiger partial charge in [-0.2, -0.15) is 0 Å². The molecule has 2 unspecified atom stereocenters. The van der Waals surface area contributed by atoms with E-state index >= 15 is 0 Å². The number of benzene rings is 1. The summed E-state index contributed by atoms with van der Waals surface area (Å²) in [6.45, 7) is 13.7. The molecule has 1 aliphatic rings. The van der Waals surface area contributed by atoms with Crippen LogP contribution in [0, 0.1) is 6.92 Å². The van der Waals surface area contributed by atoms with Gasteiger partial charge in [-0.15, -0.1) is 0 Å². The highest BCUT2D eigenvalue weighted by Gasteiger charge is 2.33. The molecular formula is C17H28N2O. The zero-order valence-corrected chi connectivity index (χ0v) is 13.4. The van der Waals surface area contributed by atoms with E-state index in [1.165, 1.54) is 16.7 Å². The maximum atomic E-state index is 6.35. The fraction of sp³-hybridized carbons (Fsp3) is 0.647. The van der Waals surface area contributed by atoms with E-state index in [4.69, 9.17) is 10.5 Å². The highest BCUT2D eigenvalue weighted by Crippen LogP contribution is 2.39. The summed E-state index contributed by atoms with van der Waals surface area (Å²) in [7, 11) is 0. The zero-order valence-electron chi connectivity index (χ0n) is 13.4. The third kappa shape index (κ3) is 2.70. The van der Waals surface area contributed by atoms with Crippen LogP contribution in [0.3, 0.4) is 0 Å². The van der Waals surface area contributed by atoms with Crippen molar-refractivity contribution in [2.45, 2.75) is 52.6 Å². The zero-order chi connectivity index (χ0) is 14.9. The van der Waals surface area contributed by atoms with Gasteiger partial charge in [0.25, 0.3) is 0 Å². The van der Waals surface area contributed by atoms with Gasteiger partial charge < -0.3 is 10.5 Å². The maximum Gasteiger partial charge on any atom is 0.124 e. The summed E-state index contributed by atoms with van der Waals surface area (Å²) in [4.78, 5) is 2.44. The molecule has 0 spiro atoms. The number of likely N-dealkylation sites (N-methyl/N-ethyl adjacent to an activating group) is 1. The standard InChI is InChI=1S/C17H28N2O/c1-6-19(7-2)17-14(18)10-20-15-9-13(11(3)4)8-12(5)16(15)17/h8-9,11,14,17H,6-7,10,18H2,1-5H3. The smallest absolute Gasteiger partial charge is 0.124 e. The second-order valence-corrected chi connectivity index (χ2v) is 6.05. The Bertz CT molecular complexity index is 466. The molecule has 3 nitrogen and oxygen atoms in total. The molecule has 2 atom stereocenters. The average Bonchev–Trinajstić information content (AvgIpc) is 2.42. The van der Waals surface area contributed by atoms with Gasteiger partial charge in [-0.1, -0.05) is 33.8 Å². The molecule has 2 rings (SSSR count). The first-order valence-electron chi connectivity index (χ1n) is 7.76. The van der Waals surface area contributed by atoms with E-state index in [9.17, 15) is 0 Å². The molecule has 0 saturated carbocycles. The SMILES string of the molecule is CCN(CC)C1c2c(C)cc(C(C)C)cc2OCC1N. The first kappa shape index (κ1) is 15.3. The van der Waals surface area contributed by atoms with Crippen LogP contribution < -0.4 is 10.5 Å². The van der Waals surface area contributed by atoms with E-state index in [0.717, 1.165) is 18.8 Å². The number of rotatable bonds is 4. The molecule has 1 heterocycles. The van der Waals surface area contributed by atoms with Crippen molar-refractivity contribution in [2.24, 2.45) is 5.73 Å². The van der Waals surface area contributed by atoms with Gasteiger partial charge in [-0.05, 0) is 43.1 Å². The van der Waals surface area contributed by atoms with Crippen molar-refractivity contribution in [3.8, 4) is 5.75 Å². The van der Waals surface area contributed by atoms with Gasteiger partial charge in [-0.25, -0.2) is 0 Å². The second kappa shape index (κ2) is 6.15. The largest absolute Gasteiger partial charge is 0.492 e. The van der Waals surface area contributed by atoms with Crippen LogP contribution in [-0.2, 0) is 0 Å². The van der Waals surface area contributed by atoms with Crippen LogP contribution >= 0.6 is 0 Å². The summed E-state index contributed by atoms with van der Waals surface area (Å²) >= 11 is 0. The highest BCUT2D eigenvalue weighted by molar-refractivity contribution is 5.48. The van der Waals surface area contributed by atoms with Crippen LogP contribution in [0.5, 0.6) is 5.75 Å². The highest BCUT2D eigenvalue weighted by atomic mass is 16.5. The summed E-state index contributed by atoms with van der Waals surface area (Å²) in [5, 5.41) is 0. The fourth-order valence-corrected chi connectivity index (χ4v) is 3.19. The number of ether oxygens (including phenoxy) is 1. The normalized spacial score (nSPS) is 22.0. The molecule has 0 aromatic heterocycles. The van der Waals surface area contributed by atoms with E-state index < -0.39 is 0 Å². The quantitative estimate of drug-likeness (QED) is 0.917. The van der Waals surface area contributed by atoms with Gasteiger partial charge in [0.2, 0.25) is 0 Å². The van der Waals surface area contributed by atoms with Gasteiger partial charge in [-0.3, -0.25) is 4.90 Å². The molecule has 112 valence electrons. The first-order chi connectivity index (χ1) is 9.49. The Labute approximate surface area is 123 Å². The third-order valence-corrected chi connectivity index (χ3v) is 4.38. The minimum Gasteiger partial charge on any atom is -0.492 e. The molecular weight excluding hydrogens is 248 g/mol. The van der Waals surface area contributed by atoms with Crippen LogP contribution in [-0.4, -0.2) is 30.6 Å². The lowest BCUT2D eigenvalue weighted by molar-refractivity contribution is 0.128. The Morgan fingerprint density at radius 2 is 1.95 bits per heavy atom. The Morgan fingerprint density at radius 3 is 2.50 bits per heavy atom. The van der Waals surface area contributed by atoms with E-state index in [2.05, 4.69) is 51.7 Å². The lowest BCUT2D eigenvalue weighted by Crippen LogP contribution is -2.47. The number of nitrogens with two attached hydrogens (primary N) is 1. The fourth-order valence-electron chi connectivity index (χ4n) is 3.19. The van der Waals surface area contributed by atoms with Crippen molar-refractivity contribution in [3.63, 3.8) is 0 Å². The van der Waals surface area contributed by atoms with Crippen molar-refractivity contribution < 1.29 is 4.74 Å². The van der Waals surface area contributed by atoms with Crippen molar-refractivity contribution in [1.29, 1.82) is 0 Å². The Hall–Kier alpha value is -1.06. The number of nitrogens with zero attached hydrogens (tertiary/aromatic N) is 1. The van der Waals surface area contributed by atoms with E-state index in [-0.39, 0.29) is 12.1 Å². The van der Waals surface area contributed by atoms with E-state index in [1.54, 1.807) is 0 Å². The van der Waals surface area contributed by atoms with Crippen molar-refractivity contribution in [3.05, 3.63) is 28.8 Å². The maximum absolute atomic E-state index is 6.35. The molecule has 1 aromatic rings. The van der Waals surface area contributed by atoms with Gasteiger partial charge in [0.15, 0.2) is 0 Å². The second-order valence-electron chi connectivity index (χ2n) is 6.05. The molecule has 0 fully saturated rings. The summed E-state index contributed by atoms with van der Waals surface area (Å²) in [5.41, 5.74) is 10.3. The number of aryl methyl sites for hydroxylation is 1. The minimum atomic E-state index is 0.0472. The molecule has 0 amide bonds. The van der Waals surface area contributed by atoms with E-state index in [0.29, 0.717) is 12.5 Å². The van der Waals surface area contributed by atoms with Crippen LogP contribution in [0.1, 0.15) is 56.3 Å². The monoisotopic (exact) mass is 276 g/mol. The van der Waals surface area contributed by atoms with Crippen LogP contribution in [0.4, 0.5) is 0 Å². The average molecular weight is 276 g/mol. The third-order valence-electron chi connectivity index (χ3n) is 4.38. The van der Waals surface area contributed by atoms with Crippen molar-refractivity contribution >= 4 is 0 Å². The van der Waals surface area contributed by atoms with Gasteiger partial charge in [0, 0.05) is 5.56 Å². The lowest BCUT2D eigenvalue weighted by Gasteiger charge is -2.39.